The molecule has 1 aromatic carbocycles. The van der Waals surface area contributed by atoms with Gasteiger partial charge in [0.1, 0.15) is 5.82 Å². The lowest BCUT2D eigenvalue weighted by Gasteiger charge is -2.11. The Kier molecular flexibility index (Phi) is 2.33. The Hall–Kier alpha value is -1.88. The highest BCUT2D eigenvalue weighted by Gasteiger charge is 2.16. The van der Waals surface area contributed by atoms with Crippen LogP contribution < -0.4 is 11.0 Å². The Balaban J connectivity index is 2.16. The summed E-state index contributed by atoms with van der Waals surface area (Å²) in [5, 5.41) is 7.58. The highest BCUT2D eigenvalue weighted by Crippen LogP contribution is 2.08. The summed E-state index contributed by atoms with van der Waals surface area (Å²) in [4.78, 5) is 12.2. The number of aryl methyl sites for hydroxylation is 1. The van der Waals surface area contributed by atoms with Crippen molar-refractivity contribution in [3.63, 3.8) is 0 Å². The molecule has 0 saturated carbocycles. The van der Waals surface area contributed by atoms with Gasteiger partial charge in [-0.3, -0.25) is 4.57 Å². The van der Waals surface area contributed by atoms with E-state index in [0.717, 1.165) is 23.6 Å². The molecule has 0 unspecified atom stereocenters. The Morgan fingerprint density at radius 3 is 3.06 bits per heavy atom. The van der Waals surface area contributed by atoms with Gasteiger partial charge in [0.15, 0.2) is 0 Å². The van der Waals surface area contributed by atoms with Crippen LogP contribution in [0.3, 0.4) is 0 Å². The van der Waals surface area contributed by atoms with Gasteiger partial charge in [0, 0.05) is 13.1 Å². The standard InChI is InChI=1S/C12H14N4O/c1-9-3-2-4-10(7-9)16-12(17)15-6-5-13-8-11(15)14-16/h2-4,7,13H,5-6,8H2,1H3. The first kappa shape index (κ1) is 10.3. The molecule has 1 N–H and O–H groups in total. The second-order valence-corrected chi connectivity index (χ2v) is 4.28. The fourth-order valence-corrected chi connectivity index (χ4v) is 2.11. The van der Waals surface area contributed by atoms with E-state index in [1.54, 1.807) is 4.57 Å². The van der Waals surface area contributed by atoms with E-state index in [1.165, 1.54) is 4.68 Å². The Labute approximate surface area is 98.7 Å². The SMILES string of the molecule is Cc1cccc(-n2nc3n(c2=O)CCNC3)c1. The summed E-state index contributed by atoms with van der Waals surface area (Å²) in [5.41, 5.74) is 1.91. The summed E-state index contributed by atoms with van der Waals surface area (Å²) < 4.78 is 3.22. The Morgan fingerprint density at radius 2 is 2.29 bits per heavy atom. The van der Waals surface area contributed by atoms with Gasteiger partial charge in [-0.25, -0.2) is 4.79 Å². The van der Waals surface area contributed by atoms with Crippen LogP contribution in [0.25, 0.3) is 5.69 Å². The quantitative estimate of drug-likeness (QED) is 0.773. The van der Waals surface area contributed by atoms with Gasteiger partial charge in [-0.15, -0.1) is 5.10 Å². The second-order valence-electron chi connectivity index (χ2n) is 4.28. The number of fused-ring (bicyclic) bond motifs is 1. The number of nitrogens with one attached hydrogen (secondary N) is 1. The van der Waals surface area contributed by atoms with Gasteiger partial charge in [-0.1, -0.05) is 12.1 Å². The smallest absolute Gasteiger partial charge is 0.308 e. The van der Waals surface area contributed by atoms with E-state index >= 15 is 0 Å². The fraction of sp³-hybridized carbons (Fsp3) is 0.333. The van der Waals surface area contributed by atoms with Crippen molar-refractivity contribution in [1.82, 2.24) is 19.7 Å². The van der Waals surface area contributed by atoms with Crippen molar-refractivity contribution in [3.8, 4) is 5.69 Å². The molecule has 3 rings (SSSR count). The summed E-state index contributed by atoms with van der Waals surface area (Å²) in [7, 11) is 0. The second kappa shape index (κ2) is 3.85. The third-order valence-electron chi connectivity index (χ3n) is 2.98. The number of benzene rings is 1. The Morgan fingerprint density at radius 1 is 1.41 bits per heavy atom. The highest BCUT2D eigenvalue weighted by atomic mass is 16.2. The first-order valence-corrected chi connectivity index (χ1v) is 5.72. The average Bonchev–Trinajstić information content (AvgIpc) is 2.68. The molecular weight excluding hydrogens is 216 g/mol. The molecule has 0 saturated heterocycles. The van der Waals surface area contributed by atoms with E-state index in [1.807, 2.05) is 31.2 Å². The predicted molar refractivity (Wildman–Crippen MR) is 64.3 cm³/mol. The molecule has 1 aliphatic heterocycles. The summed E-state index contributed by atoms with van der Waals surface area (Å²) in [6, 6.07) is 7.81. The van der Waals surface area contributed by atoms with Gasteiger partial charge < -0.3 is 5.32 Å². The lowest BCUT2D eigenvalue weighted by atomic mass is 10.2. The third kappa shape index (κ3) is 1.68. The molecular formula is C12H14N4O. The number of hydrogen-bond acceptors (Lipinski definition) is 3. The van der Waals surface area contributed by atoms with Crippen LogP contribution >= 0.6 is 0 Å². The molecule has 0 atom stereocenters. The molecule has 5 heteroatoms. The zero-order valence-corrected chi connectivity index (χ0v) is 9.68. The Bertz CT molecular complexity index is 611. The van der Waals surface area contributed by atoms with Crippen molar-refractivity contribution in [2.45, 2.75) is 20.0 Å². The molecule has 0 amide bonds. The van der Waals surface area contributed by atoms with Crippen molar-refractivity contribution < 1.29 is 0 Å². The first-order valence-electron chi connectivity index (χ1n) is 5.72. The maximum atomic E-state index is 12.2. The molecule has 88 valence electrons. The minimum absolute atomic E-state index is 0.0490. The number of hydrogen-bond donors (Lipinski definition) is 1. The largest absolute Gasteiger partial charge is 0.350 e. The van der Waals surface area contributed by atoms with Crippen LogP contribution in [0.15, 0.2) is 29.1 Å². The normalized spacial score (nSPS) is 14.6. The van der Waals surface area contributed by atoms with Crippen LogP contribution in [0, 0.1) is 6.92 Å². The van der Waals surface area contributed by atoms with Crippen LogP contribution in [-0.4, -0.2) is 20.9 Å². The van der Waals surface area contributed by atoms with Crippen LogP contribution in [0.4, 0.5) is 0 Å². The highest BCUT2D eigenvalue weighted by molar-refractivity contribution is 5.34. The minimum atomic E-state index is -0.0490. The maximum Gasteiger partial charge on any atom is 0.350 e. The first-order chi connectivity index (χ1) is 8.25. The number of aromatic nitrogens is 3. The molecule has 0 fully saturated rings. The van der Waals surface area contributed by atoms with Crippen molar-refractivity contribution in [1.29, 1.82) is 0 Å². The minimum Gasteiger partial charge on any atom is -0.308 e. The van der Waals surface area contributed by atoms with Gasteiger partial charge in [0.25, 0.3) is 0 Å². The van der Waals surface area contributed by atoms with E-state index in [9.17, 15) is 4.79 Å². The summed E-state index contributed by atoms with van der Waals surface area (Å²) in [5.74, 6) is 0.808. The third-order valence-corrected chi connectivity index (χ3v) is 2.98. The average molecular weight is 230 g/mol. The van der Waals surface area contributed by atoms with E-state index in [4.69, 9.17) is 0 Å². The van der Waals surface area contributed by atoms with Gasteiger partial charge >= 0.3 is 5.69 Å². The van der Waals surface area contributed by atoms with Crippen LogP contribution in [0.5, 0.6) is 0 Å². The van der Waals surface area contributed by atoms with Crippen LogP contribution in [0.1, 0.15) is 11.4 Å². The molecule has 2 aromatic rings. The molecule has 0 bridgehead atoms. The summed E-state index contributed by atoms with van der Waals surface area (Å²) in [6.07, 6.45) is 0. The van der Waals surface area contributed by atoms with Crippen molar-refractivity contribution in [3.05, 3.63) is 46.1 Å². The van der Waals surface area contributed by atoms with E-state index in [2.05, 4.69) is 10.4 Å². The molecule has 5 nitrogen and oxygen atoms in total. The monoisotopic (exact) mass is 230 g/mol. The van der Waals surface area contributed by atoms with Gasteiger partial charge in [0.05, 0.1) is 12.2 Å². The zero-order valence-electron chi connectivity index (χ0n) is 9.68. The molecule has 1 aromatic heterocycles. The van der Waals surface area contributed by atoms with Crippen LogP contribution in [0.2, 0.25) is 0 Å². The van der Waals surface area contributed by atoms with Gasteiger partial charge in [-0.2, -0.15) is 4.68 Å². The zero-order chi connectivity index (χ0) is 11.8. The fourth-order valence-electron chi connectivity index (χ4n) is 2.11. The predicted octanol–water partition coefficient (Wildman–Crippen LogP) is 0.446. The van der Waals surface area contributed by atoms with Crippen molar-refractivity contribution in [2.75, 3.05) is 6.54 Å². The van der Waals surface area contributed by atoms with Crippen LogP contribution in [-0.2, 0) is 13.1 Å². The summed E-state index contributed by atoms with van der Waals surface area (Å²) in [6.45, 7) is 4.19. The topological polar surface area (TPSA) is 51.9 Å². The molecule has 0 aliphatic carbocycles. The van der Waals surface area contributed by atoms with Gasteiger partial charge in [0.2, 0.25) is 0 Å². The van der Waals surface area contributed by atoms with Crippen molar-refractivity contribution in [2.24, 2.45) is 0 Å². The van der Waals surface area contributed by atoms with Crippen molar-refractivity contribution >= 4 is 0 Å². The lowest BCUT2D eigenvalue weighted by Crippen LogP contribution is -2.34. The molecule has 2 heterocycles. The molecule has 0 spiro atoms. The summed E-state index contributed by atoms with van der Waals surface area (Å²) >= 11 is 0. The lowest BCUT2D eigenvalue weighted by molar-refractivity contribution is 0.497. The van der Waals surface area contributed by atoms with E-state index < -0.39 is 0 Å². The van der Waals surface area contributed by atoms with E-state index in [0.29, 0.717) is 13.1 Å². The van der Waals surface area contributed by atoms with E-state index in [-0.39, 0.29) is 5.69 Å². The number of rotatable bonds is 1. The molecule has 1 aliphatic rings. The molecule has 17 heavy (non-hydrogen) atoms. The molecule has 0 radical (unpaired) electrons. The maximum absolute atomic E-state index is 12.2. The number of nitrogens with zero attached hydrogens (tertiary/aromatic N) is 3. The van der Waals surface area contributed by atoms with Gasteiger partial charge in [-0.05, 0) is 24.6 Å².